The topological polar surface area (TPSA) is 102 Å². The molecule has 0 fully saturated rings. The van der Waals surface area contributed by atoms with Gasteiger partial charge in [0.05, 0.1) is 11.5 Å². The number of rotatable bonds is 4. The van der Waals surface area contributed by atoms with Crippen molar-refractivity contribution >= 4 is 11.5 Å². The summed E-state index contributed by atoms with van der Waals surface area (Å²) in [7, 11) is 1.63. The molecule has 0 atom stereocenters. The highest BCUT2D eigenvalue weighted by molar-refractivity contribution is 5.54. The normalized spacial score (nSPS) is 10.3. The summed E-state index contributed by atoms with van der Waals surface area (Å²) in [6, 6.07) is 0. The Morgan fingerprint density at radius 3 is 3.12 bits per heavy atom. The van der Waals surface area contributed by atoms with Crippen molar-refractivity contribution in [2.75, 3.05) is 5.32 Å². The number of aromatic amines is 1. The maximum atomic E-state index is 10.7. The van der Waals surface area contributed by atoms with Crippen LogP contribution in [0.15, 0.2) is 18.6 Å². The van der Waals surface area contributed by atoms with Crippen molar-refractivity contribution in [3.05, 3.63) is 34.5 Å². The Labute approximate surface area is 90.5 Å². The highest BCUT2D eigenvalue weighted by Crippen LogP contribution is 2.21. The van der Waals surface area contributed by atoms with Gasteiger partial charge in [0.15, 0.2) is 0 Å². The molecule has 8 heteroatoms. The summed E-state index contributed by atoms with van der Waals surface area (Å²) in [5.41, 5.74) is -0.0472. The van der Waals surface area contributed by atoms with Gasteiger partial charge in [-0.2, -0.15) is 0 Å². The molecule has 2 aromatic rings. The molecule has 0 bridgehead atoms. The van der Waals surface area contributed by atoms with Gasteiger partial charge in [-0.25, -0.2) is 4.98 Å². The molecule has 0 aliphatic heterocycles. The van der Waals surface area contributed by atoms with Gasteiger partial charge in [-0.05, 0) is 0 Å². The van der Waals surface area contributed by atoms with Gasteiger partial charge < -0.3 is 10.3 Å². The monoisotopic (exact) mass is 222 g/mol. The van der Waals surface area contributed by atoms with E-state index in [4.69, 9.17) is 0 Å². The number of aryl methyl sites for hydroxylation is 1. The largest absolute Gasteiger partial charge is 0.356 e. The van der Waals surface area contributed by atoms with Crippen LogP contribution < -0.4 is 5.32 Å². The van der Waals surface area contributed by atoms with Crippen LogP contribution in [-0.4, -0.2) is 24.7 Å². The second-order valence-corrected chi connectivity index (χ2v) is 3.18. The second kappa shape index (κ2) is 4.01. The standard InChI is InChI=1S/C8H10N6O2/c1-13-5-6(14(15)16)8(12-13)11-4-7-9-2-3-10-7/h2-3,5H,4H2,1H3,(H,9,10)(H,11,12). The summed E-state index contributed by atoms with van der Waals surface area (Å²) in [6.07, 6.45) is 4.65. The molecule has 0 aliphatic carbocycles. The molecule has 0 spiro atoms. The number of anilines is 1. The first-order valence-corrected chi connectivity index (χ1v) is 4.57. The lowest BCUT2D eigenvalue weighted by molar-refractivity contribution is -0.384. The first-order valence-electron chi connectivity index (χ1n) is 4.57. The van der Waals surface area contributed by atoms with Crippen molar-refractivity contribution in [1.29, 1.82) is 0 Å². The molecule has 0 radical (unpaired) electrons. The Hall–Kier alpha value is -2.38. The Morgan fingerprint density at radius 1 is 1.69 bits per heavy atom. The minimum absolute atomic E-state index is 0.0472. The van der Waals surface area contributed by atoms with E-state index in [1.165, 1.54) is 10.9 Å². The Morgan fingerprint density at radius 2 is 2.50 bits per heavy atom. The number of hydrogen-bond acceptors (Lipinski definition) is 5. The lowest BCUT2D eigenvalue weighted by Crippen LogP contribution is -2.03. The third-order valence-corrected chi connectivity index (χ3v) is 1.98. The molecule has 2 heterocycles. The summed E-state index contributed by atoms with van der Waals surface area (Å²) in [5, 5.41) is 17.5. The van der Waals surface area contributed by atoms with E-state index in [-0.39, 0.29) is 11.5 Å². The molecule has 0 saturated carbocycles. The molecule has 0 saturated heterocycles. The molecule has 0 unspecified atom stereocenters. The molecular weight excluding hydrogens is 212 g/mol. The lowest BCUT2D eigenvalue weighted by atomic mass is 10.5. The summed E-state index contributed by atoms with van der Waals surface area (Å²) in [4.78, 5) is 17.1. The van der Waals surface area contributed by atoms with E-state index in [1.807, 2.05) is 0 Å². The van der Waals surface area contributed by atoms with Crippen molar-refractivity contribution in [3.63, 3.8) is 0 Å². The zero-order valence-electron chi connectivity index (χ0n) is 8.54. The fourth-order valence-electron chi connectivity index (χ4n) is 1.30. The minimum Gasteiger partial charge on any atom is -0.356 e. The molecule has 16 heavy (non-hydrogen) atoms. The van der Waals surface area contributed by atoms with E-state index < -0.39 is 4.92 Å². The number of nitrogens with zero attached hydrogens (tertiary/aromatic N) is 4. The minimum atomic E-state index is -0.475. The predicted molar refractivity (Wildman–Crippen MR) is 55.8 cm³/mol. The zero-order chi connectivity index (χ0) is 11.5. The number of H-pyrrole nitrogens is 1. The van der Waals surface area contributed by atoms with Gasteiger partial charge >= 0.3 is 5.69 Å². The van der Waals surface area contributed by atoms with Crippen LogP contribution in [0.3, 0.4) is 0 Å². The molecule has 2 rings (SSSR count). The summed E-state index contributed by atoms with van der Waals surface area (Å²) in [5.74, 6) is 0.934. The Kier molecular flexibility index (Phi) is 2.54. The Bertz CT molecular complexity index is 489. The molecule has 0 aliphatic rings. The van der Waals surface area contributed by atoms with Gasteiger partial charge in [-0.3, -0.25) is 14.8 Å². The Balaban J connectivity index is 2.12. The van der Waals surface area contributed by atoms with Gasteiger partial charge in [-0.1, -0.05) is 0 Å². The SMILES string of the molecule is Cn1cc([N+](=O)[O-])c(NCc2ncc[nH]2)n1. The lowest BCUT2D eigenvalue weighted by Gasteiger charge is -1.98. The molecule has 0 aromatic carbocycles. The third-order valence-electron chi connectivity index (χ3n) is 1.98. The number of nitro groups is 1. The van der Waals surface area contributed by atoms with Gasteiger partial charge in [-0.15, -0.1) is 5.10 Å². The molecule has 8 nitrogen and oxygen atoms in total. The van der Waals surface area contributed by atoms with Crippen LogP contribution in [0.25, 0.3) is 0 Å². The van der Waals surface area contributed by atoms with E-state index in [9.17, 15) is 10.1 Å². The molecule has 0 amide bonds. The number of nitrogens with one attached hydrogen (secondary N) is 2. The van der Waals surface area contributed by atoms with Crippen molar-refractivity contribution in [2.24, 2.45) is 7.05 Å². The maximum absolute atomic E-state index is 10.7. The average molecular weight is 222 g/mol. The predicted octanol–water partition coefficient (Wildman–Crippen LogP) is 0.663. The third kappa shape index (κ3) is 2.00. The number of hydrogen-bond donors (Lipinski definition) is 2. The number of imidazole rings is 1. The van der Waals surface area contributed by atoms with E-state index in [0.717, 1.165) is 0 Å². The highest BCUT2D eigenvalue weighted by atomic mass is 16.6. The van der Waals surface area contributed by atoms with E-state index in [2.05, 4.69) is 20.4 Å². The summed E-state index contributed by atoms with van der Waals surface area (Å²) >= 11 is 0. The van der Waals surface area contributed by atoms with Crippen LogP contribution >= 0.6 is 0 Å². The average Bonchev–Trinajstić information content (AvgIpc) is 2.83. The van der Waals surface area contributed by atoms with Crippen molar-refractivity contribution in [2.45, 2.75) is 6.54 Å². The quantitative estimate of drug-likeness (QED) is 0.584. The maximum Gasteiger partial charge on any atom is 0.330 e. The van der Waals surface area contributed by atoms with Crippen LogP contribution in [0.2, 0.25) is 0 Å². The van der Waals surface area contributed by atoms with Gasteiger partial charge in [0.2, 0.25) is 5.82 Å². The molecular formula is C8H10N6O2. The first kappa shape index (κ1) is 10.1. The fraction of sp³-hybridized carbons (Fsp3) is 0.250. The van der Waals surface area contributed by atoms with Crippen molar-refractivity contribution < 1.29 is 4.92 Å². The van der Waals surface area contributed by atoms with Crippen LogP contribution in [0.1, 0.15) is 5.82 Å². The van der Waals surface area contributed by atoms with E-state index >= 15 is 0 Å². The molecule has 2 N–H and O–H groups in total. The number of aromatic nitrogens is 4. The van der Waals surface area contributed by atoms with Crippen LogP contribution in [-0.2, 0) is 13.6 Å². The molecule has 2 aromatic heterocycles. The van der Waals surface area contributed by atoms with Gasteiger partial charge in [0, 0.05) is 19.4 Å². The van der Waals surface area contributed by atoms with Gasteiger partial charge in [0.1, 0.15) is 12.0 Å². The zero-order valence-corrected chi connectivity index (χ0v) is 8.54. The molecule has 84 valence electrons. The van der Waals surface area contributed by atoms with Crippen molar-refractivity contribution in [3.8, 4) is 0 Å². The second-order valence-electron chi connectivity index (χ2n) is 3.18. The smallest absolute Gasteiger partial charge is 0.330 e. The van der Waals surface area contributed by atoms with E-state index in [1.54, 1.807) is 19.4 Å². The van der Waals surface area contributed by atoms with E-state index in [0.29, 0.717) is 12.4 Å². The van der Waals surface area contributed by atoms with Gasteiger partial charge in [0.25, 0.3) is 0 Å². The van der Waals surface area contributed by atoms with Crippen LogP contribution in [0.4, 0.5) is 11.5 Å². The van der Waals surface area contributed by atoms with Crippen LogP contribution in [0, 0.1) is 10.1 Å². The first-order chi connectivity index (χ1) is 7.66. The van der Waals surface area contributed by atoms with Crippen molar-refractivity contribution in [1.82, 2.24) is 19.7 Å². The summed E-state index contributed by atoms with van der Waals surface area (Å²) in [6.45, 7) is 0.366. The highest BCUT2D eigenvalue weighted by Gasteiger charge is 2.17. The van der Waals surface area contributed by atoms with Crippen LogP contribution in [0.5, 0.6) is 0 Å². The summed E-state index contributed by atoms with van der Waals surface area (Å²) < 4.78 is 1.39. The fourth-order valence-corrected chi connectivity index (χ4v) is 1.30.